The molecule has 0 saturated carbocycles. The van der Waals surface area contributed by atoms with Gasteiger partial charge in [0.15, 0.2) is 0 Å². The minimum absolute atomic E-state index is 0.0588. The maximum absolute atomic E-state index is 13.0. The molecule has 1 N–H and O–H groups in total. The van der Waals surface area contributed by atoms with Crippen LogP contribution in [0.4, 0.5) is 18.9 Å². The SMILES string of the molecule is C=CC(=O)N1[C@@H](C)CC[C@H]1C(=O)Nc1ccc(C)c(C(F)(F)F)c1. The summed E-state index contributed by atoms with van der Waals surface area (Å²) in [6.07, 6.45) is -2.24. The molecule has 0 radical (unpaired) electrons. The lowest BCUT2D eigenvalue weighted by molar-refractivity contribution is -0.138. The van der Waals surface area contributed by atoms with Crippen molar-refractivity contribution in [2.24, 2.45) is 0 Å². The van der Waals surface area contributed by atoms with Gasteiger partial charge < -0.3 is 10.2 Å². The molecule has 2 atom stereocenters. The van der Waals surface area contributed by atoms with Gasteiger partial charge in [-0.2, -0.15) is 13.2 Å². The minimum atomic E-state index is -4.49. The monoisotopic (exact) mass is 340 g/mol. The maximum atomic E-state index is 13.0. The third-order valence-electron chi connectivity index (χ3n) is 4.21. The highest BCUT2D eigenvalue weighted by atomic mass is 19.4. The van der Waals surface area contributed by atoms with E-state index in [2.05, 4.69) is 11.9 Å². The fraction of sp³-hybridized carbons (Fsp3) is 0.412. The summed E-state index contributed by atoms with van der Waals surface area (Å²) in [4.78, 5) is 25.7. The highest BCUT2D eigenvalue weighted by Gasteiger charge is 2.38. The number of likely N-dealkylation sites (tertiary alicyclic amines) is 1. The number of carbonyl (C=O) groups is 2. The Morgan fingerprint density at radius 1 is 1.33 bits per heavy atom. The molecule has 1 fully saturated rings. The second-order valence-electron chi connectivity index (χ2n) is 5.91. The smallest absolute Gasteiger partial charge is 0.324 e. The van der Waals surface area contributed by atoms with Crippen LogP contribution >= 0.6 is 0 Å². The number of carbonyl (C=O) groups excluding carboxylic acids is 2. The number of hydrogen-bond acceptors (Lipinski definition) is 2. The van der Waals surface area contributed by atoms with Gasteiger partial charge in [0.2, 0.25) is 11.8 Å². The van der Waals surface area contributed by atoms with Crippen molar-refractivity contribution >= 4 is 17.5 Å². The second kappa shape index (κ2) is 6.67. The normalized spacial score (nSPS) is 20.8. The van der Waals surface area contributed by atoms with Crippen LogP contribution in [0.15, 0.2) is 30.9 Å². The van der Waals surface area contributed by atoms with Gasteiger partial charge in [0, 0.05) is 11.7 Å². The van der Waals surface area contributed by atoms with Gasteiger partial charge in [-0.05, 0) is 50.5 Å². The third kappa shape index (κ3) is 3.60. The van der Waals surface area contributed by atoms with Crippen LogP contribution in [0.3, 0.4) is 0 Å². The molecule has 0 aliphatic carbocycles. The van der Waals surface area contributed by atoms with E-state index in [0.29, 0.717) is 12.8 Å². The summed E-state index contributed by atoms with van der Waals surface area (Å²) in [5.74, 6) is -0.855. The van der Waals surface area contributed by atoms with Gasteiger partial charge in [-0.25, -0.2) is 0 Å². The van der Waals surface area contributed by atoms with Crippen molar-refractivity contribution in [2.45, 2.75) is 44.9 Å². The molecule has 1 aliphatic rings. The first kappa shape index (κ1) is 18.0. The molecule has 2 amide bonds. The third-order valence-corrected chi connectivity index (χ3v) is 4.21. The van der Waals surface area contributed by atoms with Crippen molar-refractivity contribution in [3.8, 4) is 0 Å². The fourth-order valence-corrected chi connectivity index (χ4v) is 2.95. The molecule has 1 aliphatic heterocycles. The Kier molecular flexibility index (Phi) is 5.01. The zero-order valence-corrected chi connectivity index (χ0v) is 13.5. The number of hydrogen-bond donors (Lipinski definition) is 1. The molecule has 7 heteroatoms. The Morgan fingerprint density at radius 3 is 2.58 bits per heavy atom. The molecule has 0 spiro atoms. The second-order valence-corrected chi connectivity index (χ2v) is 5.91. The van der Waals surface area contributed by atoms with E-state index in [9.17, 15) is 22.8 Å². The van der Waals surface area contributed by atoms with Gasteiger partial charge in [-0.3, -0.25) is 9.59 Å². The molecule has 1 saturated heterocycles. The maximum Gasteiger partial charge on any atom is 0.416 e. The topological polar surface area (TPSA) is 49.4 Å². The van der Waals surface area contributed by atoms with Crippen molar-refractivity contribution in [3.05, 3.63) is 42.0 Å². The first-order chi connectivity index (χ1) is 11.1. The molecule has 1 aromatic rings. The van der Waals surface area contributed by atoms with Gasteiger partial charge in [0.25, 0.3) is 0 Å². The summed E-state index contributed by atoms with van der Waals surface area (Å²) >= 11 is 0. The number of nitrogens with zero attached hydrogens (tertiary/aromatic N) is 1. The van der Waals surface area contributed by atoms with Crippen LogP contribution in [0.25, 0.3) is 0 Å². The number of aryl methyl sites for hydroxylation is 1. The van der Waals surface area contributed by atoms with Crippen molar-refractivity contribution in [3.63, 3.8) is 0 Å². The van der Waals surface area contributed by atoms with Crippen LogP contribution in [0.1, 0.15) is 30.9 Å². The predicted molar refractivity (Wildman–Crippen MR) is 84.3 cm³/mol. The van der Waals surface area contributed by atoms with E-state index in [1.165, 1.54) is 24.0 Å². The minimum Gasteiger partial charge on any atom is -0.324 e. The van der Waals surface area contributed by atoms with Crippen LogP contribution in [-0.4, -0.2) is 28.8 Å². The van der Waals surface area contributed by atoms with Crippen molar-refractivity contribution in [1.82, 2.24) is 4.90 Å². The van der Waals surface area contributed by atoms with E-state index in [-0.39, 0.29) is 23.2 Å². The average molecular weight is 340 g/mol. The number of nitrogens with one attached hydrogen (secondary N) is 1. The number of amides is 2. The molecule has 0 aromatic heterocycles. The van der Waals surface area contributed by atoms with E-state index in [1.807, 2.05) is 6.92 Å². The van der Waals surface area contributed by atoms with Gasteiger partial charge in [0.05, 0.1) is 5.56 Å². The quantitative estimate of drug-likeness (QED) is 0.856. The van der Waals surface area contributed by atoms with Gasteiger partial charge in [-0.15, -0.1) is 0 Å². The number of halogens is 3. The summed E-state index contributed by atoms with van der Waals surface area (Å²) in [5.41, 5.74) is -0.652. The van der Waals surface area contributed by atoms with Crippen molar-refractivity contribution in [1.29, 1.82) is 0 Å². The Hall–Kier alpha value is -2.31. The standard InChI is InChI=1S/C17H19F3N2O2/c1-4-15(23)22-11(3)6-8-14(22)16(24)21-12-7-5-10(2)13(9-12)17(18,19)20/h4-5,7,9,11,14H,1,6,8H2,2-3H3,(H,21,24)/t11-,14-/m0/s1. The number of alkyl halides is 3. The summed E-state index contributed by atoms with van der Waals surface area (Å²) in [6, 6.07) is 2.81. The van der Waals surface area contributed by atoms with Crippen LogP contribution in [0.5, 0.6) is 0 Å². The molecular formula is C17H19F3N2O2. The highest BCUT2D eigenvalue weighted by Crippen LogP contribution is 2.33. The molecule has 4 nitrogen and oxygen atoms in total. The molecule has 24 heavy (non-hydrogen) atoms. The van der Waals surface area contributed by atoms with Crippen molar-refractivity contribution in [2.75, 3.05) is 5.32 Å². The number of anilines is 1. The fourth-order valence-electron chi connectivity index (χ4n) is 2.95. The van der Waals surface area contributed by atoms with Crippen LogP contribution in [0.2, 0.25) is 0 Å². The van der Waals surface area contributed by atoms with Gasteiger partial charge in [0.1, 0.15) is 6.04 Å². The van der Waals surface area contributed by atoms with E-state index < -0.39 is 23.7 Å². The predicted octanol–water partition coefficient (Wildman–Crippen LogP) is 3.52. The zero-order valence-electron chi connectivity index (χ0n) is 13.5. The van der Waals surface area contributed by atoms with E-state index in [4.69, 9.17) is 0 Å². The van der Waals surface area contributed by atoms with Crippen LogP contribution in [-0.2, 0) is 15.8 Å². The number of rotatable bonds is 3. The Balaban J connectivity index is 2.21. The van der Waals surface area contributed by atoms with Crippen LogP contribution in [0, 0.1) is 6.92 Å². The lowest BCUT2D eigenvalue weighted by Gasteiger charge is -2.26. The molecule has 2 rings (SSSR count). The number of benzene rings is 1. The molecular weight excluding hydrogens is 321 g/mol. The Bertz CT molecular complexity index is 670. The van der Waals surface area contributed by atoms with E-state index in [1.54, 1.807) is 0 Å². The Labute approximate surface area is 138 Å². The molecule has 0 unspecified atom stereocenters. The molecule has 130 valence electrons. The lowest BCUT2D eigenvalue weighted by Crippen LogP contribution is -2.45. The van der Waals surface area contributed by atoms with E-state index in [0.717, 1.165) is 12.1 Å². The van der Waals surface area contributed by atoms with Gasteiger partial charge >= 0.3 is 6.18 Å². The van der Waals surface area contributed by atoms with Crippen molar-refractivity contribution < 1.29 is 22.8 Å². The van der Waals surface area contributed by atoms with E-state index >= 15 is 0 Å². The molecule has 1 aromatic carbocycles. The first-order valence-electron chi connectivity index (χ1n) is 7.58. The largest absolute Gasteiger partial charge is 0.416 e. The Morgan fingerprint density at radius 2 is 2.00 bits per heavy atom. The lowest BCUT2D eigenvalue weighted by atomic mass is 10.1. The molecule has 0 bridgehead atoms. The first-order valence-corrected chi connectivity index (χ1v) is 7.58. The van der Waals surface area contributed by atoms with Crippen LogP contribution < -0.4 is 5.32 Å². The molecule has 1 heterocycles. The highest BCUT2D eigenvalue weighted by molar-refractivity contribution is 5.99. The summed E-state index contributed by atoms with van der Waals surface area (Å²) < 4.78 is 38.9. The zero-order chi connectivity index (χ0) is 18.1. The summed E-state index contributed by atoms with van der Waals surface area (Å²) in [5, 5.41) is 2.49. The van der Waals surface area contributed by atoms with Gasteiger partial charge in [-0.1, -0.05) is 12.6 Å². The average Bonchev–Trinajstić information content (AvgIpc) is 2.89. The summed E-state index contributed by atoms with van der Waals surface area (Å²) in [7, 11) is 0. The summed E-state index contributed by atoms with van der Waals surface area (Å²) in [6.45, 7) is 6.60.